The first kappa shape index (κ1) is 32.1. The van der Waals surface area contributed by atoms with Crippen LogP contribution in [0.25, 0.3) is 5.70 Å². The van der Waals surface area contributed by atoms with Crippen LogP contribution >= 0.6 is 0 Å². The highest BCUT2D eigenvalue weighted by Gasteiger charge is 2.60. The van der Waals surface area contributed by atoms with Crippen molar-refractivity contribution in [1.82, 2.24) is 13.9 Å². The summed E-state index contributed by atoms with van der Waals surface area (Å²) in [7, 11) is 0. The van der Waals surface area contributed by atoms with Gasteiger partial charge < -0.3 is 5.11 Å². The van der Waals surface area contributed by atoms with E-state index in [1.807, 2.05) is 45.9 Å². The minimum Gasteiger partial charge on any atom is -0.390 e. The molecule has 0 aromatic carbocycles. The SMILES string of the molecule is C/C=C\C(=C/C)n1c(=O)n2n(c1=O)C(/C=C1\CCC[C@]3(C)C(C(C)(C)CCCC(C)(C)O)CC[C@@]13C)C1=C(CCCC1)C2. The Morgan fingerprint density at radius 2 is 1.70 bits per heavy atom. The van der Waals surface area contributed by atoms with E-state index in [9.17, 15) is 14.7 Å². The van der Waals surface area contributed by atoms with Crippen LogP contribution in [0, 0.1) is 22.2 Å². The maximum absolute atomic E-state index is 14.1. The molecule has 0 amide bonds. The van der Waals surface area contributed by atoms with Crippen LogP contribution in [0.4, 0.5) is 0 Å². The van der Waals surface area contributed by atoms with Crippen LogP contribution in [0.2, 0.25) is 0 Å². The van der Waals surface area contributed by atoms with Gasteiger partial charge in [-0.15, -0.1) is 0 Å². The van der Waals surface area contributed by atoms with Gasteiger partial charge in [0.25, 0.3) is 0 Å². The van der Waals surface area contributed by atoms with Crippen LogP contribution in [-0.4, -0.2) is 24.6 Å². The quantitative estimate of drug-likeness (QED) is 0.245. The summed E-state index contributed by atoms with van der Waals surface area (Å²) < 4.78 is 4.90. The molecule has 0 bridgehead atoms. The van der Waals surface area contributed by atoms with E-state index in [1.54, 1.807) is 9.36 Å². The van der Waals surface area contributed by atoms with Crippen molar-refractivity contribution in [2.75, 3.05) is 0 Å². The Kier molecular flexibility index (Phi) is 8.61. The fourth-order valence-electron chi connectivity index (χ4n) is 9.81. The lowest BCUT2D eigenvalue weighted by molar-refractivity contribution is -0.00655. The van der Waals surface area contributed by atoms with Crippen LogP contribution in [0.5, 0.6) is 0 Å². The van der Waals surface area contributed by atoms with Gasteiger partial charge in [0.1, 0.15) is 0 Å². The summed E-state index contributed by atoms with van der Waals surface area (Å²) in [5.41, 5.74) is 4.23. The van der Waals surface area contributed by atoms with Gasteiger partial charge in [-0.25, -0.2) is 23.5 Å². The Balaban J connectivity index is 1.57. The van der Waals surface area contributed by atoms with Crippen LogP contribution < -0.4 is 11.4 Å². The van der Waals surface area contributed by atoms with Crippen molar-refractivity contribution in [2.45, 2.75) is 151 Å². The Bertz CT molecular complexity index is 1470. The number of allylic oxidation sites excluding steroid dienone is 8. The Morgan fingerprint density at radius 1 is 0.977 bits per heavy atom. The zero-order valence-corrected chi connectivity index (χ0v) is 28.3. The fraction of sp³-hybridized carbons (Fsp3) is 0.730. The van der Waals surface area contributed by atoms with Crippen molar-refractivity contribution < 1.29 is 5.11 Å². The molecule has 3 aliphatic carbocycles. The second kappa shape index (κ2) is 11.5. The van der Waals surface area contributed by atoms with E-state index in [-0.39, 0.29) is 33.7 Å². The lowest BCUT2D eigenvalue weighted by Gasteiger charge is -2.54. The van der Waals surface area contributed by atoms with Gasteiger partial charge in [0.2, 0.25) is 0 Å². The minimum atomic E-state index is -0.615. The number of rotatable bonds is 8. The number of hydrogen-bond acceptors (Lipinski definition) is 3. The molecule has 1 N–H and O–H groups in total. The van der Waals surface area contributed by atoms with Gasteiger partial charge in [0.15, 0.2) is 0 Å². The summed E-state index contributed by atoms with van der Waals surface area (Å²) in [4.78, 5) is 27.9. The molecule has 0 radical (unpaired) electrons. The van der Waals surface area contributed by atoms with Crippen molar-refractivity contribution in [3.8, 4) is 0 Å². The molecule has 2 heterocycles. The first-order chi connectivity index (χ1) is 20.2. The van der Waals surface area contributed by atoms with Crippen molar-refractivity contribution in [3.05, 3.63) is 62.0 Å². The molecule has 0 saturated heterocycles. The molecule has 1 aliphatic heterocycles. The largest absolute Gasteiger partial charge is 0.390 e. The van der Waals surface area contributed by atoms with E-state index in [0.29, 0.717) is 18.2 Å². The topological polar surface area (TPSA) is 69.2 Å². The number of aromatic nitrogens is 3. The fourth-order valence-corrected chi connectivity index (χ4v) is 9.81. The number of nitrogens with zero attached hydrogens (tertiary/aromatic N) is 3. The van der Waals surface area contributed by atoms with E-state index in [2.05, 4.69) is 33.8 Å². The molecule has 1 aromatic rings. The molecule has 6 heteroatoms. The average Bonchev–Trinajstić information content (AvgIpc) is 3.36. The third kappa shape index (κ3) is 5.44. The van der Waals surface area contributed by atoms with Gasteiger partial charge in [-0.2, -0.15) is 0 Å². The van der Waals surface area contributed by atoms with E-state index < -0.39 is 5.60 Å². The van der Waals surface area contributed by atoms with Crippen molar-refractivity contribution in [2.24, 2.45) is 22.2 Å². The van der Waals surface area contributed by atoms with Crippen molar-refractivity contribution >= 4 is 5.70 Å². The molecule has 2 fully saturated rings. The van der Waals surface area contributed by atoms with E-state index in [4.69, 9.17) is 0 Å². The maximum atomic E-state index is 14.1. The molecular formula is C37H57N3O3. The Labute approximate surface area is 259 Å². The predicted octanol–water partition coefficient (Wildman–Crippen LogP) is 8.17. The first-order valence-corrected chi connectivity index (χ1v) is 17.1. The number of aliphatic hydroxyl groups is 1. The lowest BCUT2D eigenvalue weighted by Crippen LogP contribution is -2.46. The van der Waals surface area contributed by atoms with Crippen LogP contribution in [0.1, 0.15) is 138 Å². The van der Waals surface area contributed by atoms with E-state index in [0.717, 1.165) is 51.4 Å². The summed E-state index contributed by atoms with van der Waals surface area (Å²) in [5, 5.41) is 10.3. The zero-order chi connectivity index (χ0) is 31.4. The molecule has 43 heavy (non-hydrogen) atoms. The Hall–Kier alpha value is -2.34. The summed E-state index contributed by atoms with van der Waals surface area (Å²) in [6.07, 6.45) is 21.2. The van der Waals surface area contributed by atoms with Gasteiger partial charge in [-0.05, 0) is 138 Å². The standard InChI is InChI=1S/C37H57N3O3/c1-9-15-28(10-2)39-32(41)38-25-26-16-11-12-18-29(26)30(40(38)33(39)42)24-27-17-13-22-37(8)31(19-23-36(27,37)7)34(3,4)20-14-21-35(5,6)43/h9-10,15,24,30-31,43H,11-14,16-23,25H2,1-8H3/b15-9-,27-24+,28-10+/t30?,31?,36-,37+/m0/s1. The van der Waals surface area contributed by atoms with Gasteiger partial charge in [-0.3, -0.25) is 0 Å². The third-order valence-corrected chi connectivity index (χ3v) is 12.3. The number of fused-ring (bicyclic) bond motifs is 2. The van der Waals surface area contributed by atoms with E-state index >= 15 is 0 Å². The molecule has 0 spiro atoms. The first-order valence-electron chi connectivity index (χ1n) is 17.1. The van der Waals surface area contributed by atoms with Gasteiger partial charge in [0.05, 0.1) is 23.9 Å². The highest BCUT2D eigenvalue weighted by atomic mass is 16.3. The second-order valence-electron chi connectivity index (χ2n) is 15.8. The lowest BCUT2D eigenvalue weighted by atomic mass is 9.51. The van der Waals surface area contributed by atoms with Crippen LogP contribution in [0.15, 0.2) is 50.6 Å². The zero-order valence-electron chi connectivity index (χ0n) is 28.3. The number of hydrogen-bond donors (Lipinski definition) is 1. The van der Waals surface area contributed by atoms with Gasteiger partial charge in [-0.1, -0.05) is 57.9 Å². The third-order valence-electron chi connectivity index (χ3n) is 12.3. The molecule has 2 saturated carbocycles. The highest BCUT2D eigenvalue weighted by Crippen LogP contribution is 2.69. The second-order valence-corrected chi connectivity index (χ2v) is 15.8. The summed E-state index contributed by atoms with van der Waals surface area (Å²) in [5.74, 6) is 0.603. The smallest absolute Gasteiger partial charge is 0.352 e. The normalized spacial score (nSPS) is 31.1. The van der Waals surface area contributed by atoms with Crippen molar-refractivity contribution in [3.63, 3.8) is 0 Å². The predicted molar refractivity (Wildman–Crippen MR) is 177 cm³/mol. The highest BCUT2D eigenvalue weighted by molar-refractivity contribution is 5.56. The maximum Gasteiger partial charge on any atom is 0.352 e. The average molecular weight is 592 g/mol. The van der Waals surface area contributed by atoms with E-state index in [1.165, 1.54) is 47.0 Å². The molecule has 1 aromatic heterocycles. The molecule has 4 aliphatic rings. The molecule has 4 atom stereocenters. The van der Waals surface area contributed by atoms with Gasteiger partial charge in [0, 0.05) is 0 Å². The molecule has 238 valence electrons. The molecule has 6 nitrogen and oxygen atoms in total. The molecule has 5 rings (SSSR count). The minimum absolute atomic E-state index is 0.0625. The molecular weight excluding hydrogens is 534 g/mol. The monoisotopic (exact) mass is 591 g/mol. The summed E-state index contributed by atoms with van der Waals surface area (Å²) >= 11 is 0. The summed E-state index contributed by atoms with van der Waals surface area (Å²) in [6.45, 7) is 18.2. The van der Waals surface area contributed by atoms with Gasteiger partial charge >= 0.3 is 11.4 Å². The molecule has 2 unspecified atom stereocenters. The summed E-state index contributed by atoms with van der Waals surface area (Å²) in [6, 6.07) is -0.192. The van der Waals surface area contributed by atoms with Crippen molar-refractivity contribution in [1.29, 1.82) is 0 Å². The van der Waals surface area contributed by atoms with Crippen LogP contribution in [0.3, 0.4) is 0 Å². The Morgan fingerprint density at radius 3 is 2.37 bits per heavy atom. The van der Waals surface area contributed by atoms with Crippen LogP contribution in [-0.2, 0) is 6.54 Å².